The van der Waals surface area contributed by atoms with Gasteiger partial charge in [0.15, 0.2) is 0 Å². The lowest BCUT2D eigenvalue weighted by Gasteiger charge is -2.16. The summed E-state index contributed by atoms with van der Waals surface area (Å²) in [6.45, 7) is 4.15. The third-order valence-electron chi connectivity index (χ3n) is 3.50. The largest absolute Gasteiger partial charge is 0.478 e. The van der Waals surface area contributed by atoms with Crippen LogP contribution in [0.1, 0.15) is 28.8 Å². The van der Waals surface area contributed by atoms with Gasteiger partial charge in [0.25, 0.3) is 0 Å². The highest BCUT2D eigenvalue weighted by molar-refractivity contribution is 5.87. The Bertz CT molecular complexity index is 517. The van der Waals surface area contributed by atoms with Crippen molar-refractivity contribution in [1.29, 1.82) is 0 Å². The summed E-state index contributed by atoms with van der Waals surface area (Å²) in [4.78, 5) is 22.2. The van der Waals surface area contributed by atoms with Crippen molar-refractivity contribution in [2.24, 2.45) is 0 Å². The van der Waals surface area contributed by atoms with E-state index in [1.54, 1.807) is 12.1 Å². The van der Waals surface area contributed by atoms with E-state index in [2.05, 4.69) is 11.9 Å². The Morgan fingerprint density at radius 1 is 1.35 bits per heavy atom. The molecule has 2 rings (SSSR count). The maximum absolute atomic E-state index is 11.4. The summed E-state index contributed by atoms with van der Waals surface area (Å²) < 4.78 is 4.85. The van der Waals surface area contributed by atoms with E-state index in [1.165, 1.54) is 6.08 Å². The van der Waals surface area contributed by atoms with Crippen LogP contribution in [-0.2, 0) is 10.2 Å². The number of hydrogen-bond donors (Lipinski definition) is 2. The highest BCUT2D eigenvalue weighted by atomic mass is 16.5. The summed E-state index contributed by atoms with van der Waals surface area (Å²) in [5.74, 6) is -0.937. The zero-order valence-electron chi connectivity index (χ0n) is 11.1. The quantitative estimate of drug-likeness (QED) is 0.781. The lowest BCUT2D eigenvalue weighted by Crippen LogP contribution is -2.32. The minimum atomic E-state index is -0.937. The van der Waals surface area contributed by atoms with Crippen molar-refractivity contribution in [3.63, 3.8) is 0 Å². The smallest absolute Gasteiger partial charge is 0.407 e. The van der Waals surface area contributed by atoms with Crippen LogP contribution in [-0.4, -0.2) is 30.3 Å². The van der Waals surface area contributed by atoms with Crippen LogP contribution in [0.2, 0.25) is 0 Å². The molecule has 20 heavy (non-hydrogen) atoms. The predicted molar refractivity (Wildman–Crippen MR) is 73.9 cm³/mol. The molecular formula is C15H17NO4. The van der Waals surface area contributed by atoms with E-state index in [0.717, 1.165) is 18.4 Å². The van der Waals surface area contributed by atoms with Gasteiger partial charge in [0.1, 0.15) is 6.61 Å². The molecule has 1 aromatic rings. The summed E-state index contributed by atoms with van der Waals surface area (Å²) in [6, 6.07) is 6.81. The molecule has 1 aliphatic carbocycles. The van der Waals surface area contributed by atoms with Gasteiger partial charge in [-0.25, -0.2) is 9.59 Å². The monoisotopic (exact) mass is 275 g/mol. The van der Waals surface area contributed by atoms with Crippen LogP contribution in [0.5, 0.6) is 0 Å². The van der Waals surface area contributed by atoms with E-state index in [4.69, 9.17) is 9.84 Å². The van der Waals surface area contributed by atoms with Crippen LogP contribution in [0.25, 0.3) is 0 Å². The molecule has 0 heterocycles. The molecule has 5 nitrogen and oxygen atoms in total. The molecule has 106 valence electrons. The molecule has 0 saturated heterocycles. The first-order valence-corrected chi connectivity index (χ1v) is 6.43. The summed E-state index contributed by atoms with van der Waals surface area (Å²) >= 11 is 0. The van der Waals surface area contributed by atoms with Gasteiger partial charge in [0, 0.05) is 12.0 Å². The molecule has 0 radical (unpaired) electrons. The Kier molecular flexibility index (Phi) is 4.08. The van der Waals surface area contributed by atoms with E-state index in [1.807, 2.05) is 12.1 Å². The third-order valence-corrected chi connectivity index (χ3v) is 3.50. The van der Waals surface area contributed by atoms with Gasteiger partial charge in [-0.1, -0.05) is 24.8 Å². The topological polar surface area (TPSA) is 75.6 Å². The fraction of sp³-hybridized carbons (Fsp3) is 0.333. The minimum absolute atomic E-state index is 0.0791. The molecule has 0 aliphatic heterocycles. The maximum atomic E-state index is 11.4. The fourth-order valence-corrected chi connectivity index (χ4v) is 2.11. The zero-order valence-corrected chi connectivity index (χ0v) is 11.1. The minimum Gasteiger partial charge on any atom is -0.478 e. The van der Waals surface area contributed by atoms with Gasteiger partial charge in [-0.05, 0) is 30.5 Å². The van der Waals surface area contributed by atoms with Crippen molar-refractivity contribution >= 4 is 12.1 Å². The summed E-state index contributed by atoms with van der Waals surface area (Å²) in [5, 5.41) is 11.6. The Balaban J connectivity index is 1.95. The molecule has 0 aromatic heterocycles. The first-order chi connectivity index (χ1) is 9.57. The summed E-state index contributed by atoms with van der Waals surface area (Å²) in [6.07, 6.45) is 3.00. The van der Waals surface area contributed by atoms with Crippen LogP contribution < -0.4 is 5.32 Å². The number of hydrogen-bond acceptors (Lipinski definition) is 3. The van der Waals surface area contributed by atoms with Gasteiger partial charge in [0.05, 0.1) is 5.56 Å². The Hall–Kier alpha value is -2.30. The average molecular weight is 275 g/mol. The Morgan fingerprint density at radius 2 is 2.00 bits per heavy atom. The molecule has 1 amide bonds. The summed E-state index contributed by atoms with van der Waals surface area (Å²) in [7, 11) is 0. The number of rotatable bonds is 6. The molecule has 0 unspecified atom stereocenters. The highest BCUT2D eigenvalue weighted by Gasteiger charge is 2.44. The highest BCUT2D eigenvalue weighted by Crippen LogP contribution is 2.47. The molecule has 1 aromatic carbocycles. The first kappa shape index (κ1) is 14.1. The van der Waals surface area contributed by atoms with Gasteiger partial charge in [-0.15, -0.1) is 0 Å². The van der Waals surface area contributed by atoms with E-state index in [0.29, 0.717) is 6.54 Å². The number of ether oxygens (including phenoxy) is 1. The number of carboxylic acids is 1. The number of amides is 1. The number of aromatic carboxylic acids is 1. The average Bonchev–Trinajstić information content (AvgIpc) is 3.24. The second-order valence-electron chi connectivity index (χ2n) is 4.90. The SMILES string of the molecule is C=CCOC(=O)NCC1(c2ccc(C(=O)O)cc2)CC1. The normalized spacial score (nSPS) is 15.2. The van der Waals surface area contributed by atoms with Crippen LogP contribution in [0.15, 0.2) is 36.9 Å². The number of benzene rings is 1. The van der Waals surface area contributed by atoms with Gasteiger partial charge in [-0.2, -0.15) is 0 Å². The van der Waals surface area contributed by atoms with Crippen LogP contribution >= 0.6 is 0 Å². The van der Waals surface area contributed by atoms with Gasteiger partial charge in [0.2, 0.25) is 0 Å². The molecule has 0 spiro atoms. The van der Waals surface area contributed by atoms with Crippen molar-refractivity contribution in [1.82, 2.24) is 5.32 Å². The lowest BCUT2D eigenvalue weighted by atomic mass is 9.95. The fourth-order valence-electron chi connectivity index (χ4n) is 2.11. The molecule has 5 heteroatoms. The number of nitrogens with one attached hydrogen (secondary N) is 1. The predicted octanol–water partition coefficient (Wildman–Crippen LogP) is 2.33. The molecule has 0 bridgehead atoms. The van der Waals surface area contributed by atoms with Crippen LogP contribution in [0.3, 0.4) is 0 Å². The second-order valence-corrected chi connectivity index (χ2v) is 4.90. The molecule has 2 N–H and O–H groups in total. The van der Waals surface area contributed by atoms with Crippen LogP contribution in [0.4, 0.5) is 4.79 Å². The number of carboxylic acid groups (broad SMARTS) is 1. The molecule has 1 saturated carbocycles. The second kappa shape index (κ2) is 5.77. The van der Waals surface area contributed by atoms with Gasteiger partial charge < -0.3 is 15.2 Å². The van der Waals surface area contributed by atoms with Gasteiger partial charge >= 0.3 is 12.1 Å². The lowest BCUT2D eigenvalue weighted by molar-refractivity contribution is 0.0697. The van der Waals surface area contributed by atoms with E-state index < -0.39 is 12.1 Å². The van der Waals surface area contributed by atoms with Gasteiger partial charge in [-0.3, -0.25) is 0 Å². The molecule has 1 fully saturated rings. The number of carbonyl (C=O) groups is 2. The van der Waals surface area contributed by atoms with E-state index in [9.17, 15) is 9.59 Å². The first-order valence-electron chi connectivity index (χ1n) is 6.43. The van der Waals surface area contributed by atoms with Crippen molar-refractivity contribution in [3.8, 4) is 0 Å². The molecule has 1 aliphatic rings. The van der Waals surface area contributed by atoms with E-state index in [-0.39, 0.29) is 17.6 Å². The molecular weight excluding hydrogens is 258 g/mol. The summed E-state index contributed by atoms with van der Waals surface area (Å²) in [5.41, 5.74) is 1.24. The van der Waals surface area contributed by atoms with Crippen molar-refractivity contribution in [2.75, 3.05) is 13.2 Å². The third kappa shape index (κ3) is 3.17. The number of carbonyl (C=O) groups excluding carboxylic acids is 1. The zero-order chi connectivity index (χ0) is 14.6. The van der Waals surface area contributed by atoms with E-state index >= 15 is 0 Å². The Labute approximate surface area is 117 Å². The molecule has 0 atom stereocenters. The van der Waals surface area contributed by atoms with Crippen molar-refractivity contribution in [3.05, 3.63) is 48.0 Å². The maximum Gasteiger partial charge on any atom is 0.407 e. The van der Waals surface area contributed by atoms with Crippen LogP contribution in [0, 0.1) is 0 Å². The number of alkyl carbamates (subject to hydrolysis) is 1. The van der Waals surface area contributed by atoms with Crippen molar-refractivity contribution in [2.45, 2.75) is 18.3 Å². The Morgan fingerprint density at radius 3 is 2.50 bits per heavy atom. The van der Waals surface area contributed by atoms with Crippen molar-refractivity contribution < 1.29 is 19.4 Å². The standard InChI is InChI=1S/C15H17NO4/c1-2-9-20-14(19)16-10-15(7-8-15)12-5-3-11(4-6-12)13(17)18/h2-6H,1,7-10H2,(H,16,19)(H,17,18).